The highest BCUT2D eigenvalue weighted by Gasteiger charge is 2.26. The van der Waals surface area contributed by atoms with Gasteiger partial charge in [0, 0.05) is 43.4 Å². The first-order chi connectivity index (χ1) is 16.8. The van der Waals surface area contributed by atoms with E-state index >= 15 is 0 Å². The highest BCUT2D eigenvalue weighted by atomic mass is 32.2. The number of nitrogens with zero attached hydrogens (tertiary/aromatic N) is 3. The van der Waals surface area contributed by atoms with Crippen molar-refractivity contribution in [1.29, 1.82) is 0 Å². The number of benzene rings is 2. The second-order valence-electron chi connectivity index (χ2n) is 7.73. The van der Waals surface area contributed by atoms with E-state index in [1.807, 2.05) is 23.1 Å². The van der Waals surface area contributed by atoms with Gasteiger partial charge in [-0.15, -0.1) is 0 Å². The summed E-state index contributed by atoms with van der Waals surface area (Å²) < 4.78 is 31.3. The molecular formula is C25H23N5O4S. The molecule has 10 heteroatoms. The van der Waals surface area contributed by atoms with Crippen LogP contribution in [0.15, 0.2) is 96.4 Å². The Morgan fingerprint density at radius 1 is 0.886 bits per heavy atom. The van der Waals surface area contributed by atoms with Gasteiger partial charge in [0.15, 0.2) is 5.75 Å². The lowest BCUT2D eigenvalue weighted by Crippen LogP contribution is -2.25. The molecule has 0 unspecified atom stereocenters. The van der Waals surface area contributed by atoms with E-state index < -0.39 is 15.9 Å². The Bertz CT molecular complexity index is 1380. The molecule has 4 rings (SSSR count). The molecule has 0 spiro atoms. The molecule has 0 radical (unpaired) electrons. The number of primary sulfonamides is 1. The van der Waals surface area contributed by atoms with Crippen LogP contribution in [0, 0.1) is 0 Å². The number of ether oxygens (including phenoxy) is 1. The summed E-state index contributed by atoms with van der Waals surface area (Å²) in [7, 11) is -4.30. The number of aromatic nitrogens is 2. The first kappa shape index (κ1) is 23.9. The SMILES string of the molecule is NC(=O)c1cc(N(Cc2cccnc2)Cc2cccnc2)c(Oc2ccccc2)c(S(N)(=O)=O)c1. The minimum absolute atomic E-state index is 0.0171. The summed E-state index contributed by atoms with van der Waals surface area (Å²) in [5.74, 6) is -0.422. The molecule has 0 atom stereocenters. The van der Waals surface area contributed by atoms with Crippen LogP contribution in [0.2, 0.25) is 0 Å². The van der Waals surface area contributed by atoms with Crippen molar-refractivity contribution in [2.45, 2.75) is 18.0 Å². The summed E-state index contributed by atoms with van der Waals surface area (Å²) in [5, 5.41) is 5.56. The number of hydrogen-bond donors (Lipinski definition) is 2. The molecule has 0 fully saturated rings. The highest BCUT2D eigenvalue weighted by molar-refractivity contribution is 7.89. The maximum atomic E-state index is 12.6. The van der Waals surface area contributed by atoms with Gasteiger partial charge in [0.25, 0.3) is 0 Å². The first-order valence-corrected chi connectivity index (χ1v) is 12.1. The minimum atomic E-state index is -4.30. The summed E-state index contributed by atoms with van der Waals surface area (Å²) in [6.45, 7) is 0.639. The highest BCUT2D eigenvalue weighted by Crippen LogP contribution is 2.40. The van der Waals surface area contributed by atoms with Gasteiger partial charge in [-0.1, -0.05) is 30.3 Å². The van der Waals surface area contributed by atoms with E-state index in [4.69, 9.17) is 15.6 Å². The Labute approximate surface area is 203 Å². The van der Waals surface area contributed by atoms with Crippen molar-refractivity contribution in [1.82, 2.24) is 9.97 Å². The van der Waals surface area contributed by atoms with E-state index in [-0.39, 0.29) is 16.2 Å². The summed E-state index contributed by atoms with van der Waals surface area (Å²) in [4.78, 5) is 22.0. The van der Waals surface area contributed by atoms with E-state index in [0.717, 1.165) is 17.2 Å². The summed E-state index contributed by atoms with van der Waals surface area (Å²) >= 11 is 0. The number of amides is 1. The van der Waals surface area contributed by atoms with E-state index in [9.17, 15) is 13.2 Å². The predicted octanol–water partition coefficient (Wildman–Crippen LogP) is 3.22. The van der Waals surface area contributed by atoms with Crippen LogP contribution in [-0.4, -0.2) is 24.3 Å². The molecule has 0 aliphatic carbocycles. The van der Waals surface area contributed by atoms with Crippen LogP contribution >= 0.6 is 0 Å². The third kappa shape index (κ3) is 5.99. The summed E-state index contributed by atoms with van der Waals surface area (Å²) in [6, 6.07) is 18.7. The topological polar surface area (TPSA) is 142 Å². The molecule has 35 heavy (non-hydrogen) atoms. The van der Waals surface area contributed by atoms with Gasteiger partial charge in [-0.2, -0.15) is 0 Å². The molecule has 0 saturated carbocycles. The number of para-hydroxylation sites is 1. The van der Waals surface area contributed by atoms with Gasteiger partial charge >= 0.3 is 0 Å². The number of sulfonamides is 1. The standard InChI is InChI=1S/C25H23N5O4S/c26-25(31)20-12-22(24(23(13-20)35(27,32)33)34-21-8-2-1-3-9-21)30(16-18-6-4-10-28-14-18)17-19-7-5-11-29-15-19/h1-15H,16-17H2,(H2,26,31)(H2,27,32,33). The smallest absolute Gasteiger partial charge is 0.248 e. The third-order valence-electron chi connectivity index (χ3n) is 5.12. The molecule has 2 aromatic carbocycles. The Kier molecular flexibility index (Phi) is 7.04. The van der Waals surface area contributed by atoms with Gasteiger partial charge in [0.05, 0.1) is 5.69 Å². The molecule has 0 bridgehead atoms. The summed E-state index contributed by atoms with van der Waals surface area (Å²) in [6.07, 6.45) is 6.72. The van der Waals surface area contributed by atoms with Crippen LogP contribution in [0.5, 0.6) is 11.5 Å². The fourth-order valence-electron chi connectivity index (χ4n) is 3.54. The number of primary amides is 1. The van der Waals surface area contributed by atoms with Crippen molar-refractivity contribution in [3.63, 3.8) is 0 Å². The number of pyridine rings is 2. The molecule has 178 valence electrons. The second kappa shape index (κ2) is 10.3. The molecule has 1 amide bonds. The largest absolute Gasteiger partial charge is 0.454 e. The number of carbonyl (C=O) groups excluding carboxylic acids is 1. The van der Waals surface area contributed by atoms with Gasteiger partial charge in [0.1, 0.15) is 10.6 Å². The molecule has 2 heterocycles. The van der Waals surface area contributed by atoms with E-state index in [0.29, 0.717) is 24.5 Å². The predicted molar refractivity (Wildman–Crippen MR) is 131 cm³/mol. The first-order valence-electron chi connectivity index (χ1n) is 10.6. The van der Waals surface area contributed by atoms with E-state index in [1.165, 1.54) is 6.07 Å². The number of rotatable bonds is 9. The average molecular weight is 490 g/mol. The quantitative estimate of drug-likeness (QED) is 0.368. The zero-order valence-electron chi connectivity index (χ0n) is 18.6. The number of carbonyl (C=O) groups is 1. The average Bonchev–Trinajstić information content (AvgIpc) is 2.85. The Morgan fingerprint density at radius 3 is 1.97 bits per heavy atom. The van der Waals surface area contributed by atoms with Crippen molar-refractivity contribution in [2.24, 2.45) is 10.9 Å². The third-order valence-corrected chi connectivity index (χ3v) is 6.04. The van der Waals surface area contributed by atoms with Gasteiger partial charge in [-0.25, -0.2) is 13.6 Å². The van der Waals surface area contributed by atoms with Crippen LogP contribution in [0.3, 0.4) is 0 Å². The van der Waals surface area contributed by atoms with Crippen molar-refractivity contribution >= 4 is 21.6 Å². The number of hydrogen-bond acceptors (Lipinski definition) is 7. The lowest BCUT2D eigenvalue weighted by atomic mass is 10.1. The van der Waals surface area contributed by atoms with Crippen LogP contribution in [0.1, 0.15) is 21.5 Å². The van der Waals surface area contributed by atoms with Crippen LogP contribution in [0.25, 0.3) is 0 Å². The minimum Gasteiger partial charge on any atom is -0.454 e. The van der Waals surface area contributed by atoms with Gasteiger partial charge in [-0.05, 0) is 47.5 Å². The van der Waals surface area contributed by atoms with Crippen LogP contribution < -0.4 is 20.5 Å². The van der Waals surface area contributed by atoms with Crippen LogP contribution in [-0.2, 0) is 23.1 Å². The zero-order valence-corrected chi connectivity index (χ0v) is 19.4. The molecule has 4 aromatic rings. The summed E-state index contributed by atoms with van der Waals surface area (Å²) in [5.41, 5.74) is 7.55. The molecule has 0 saturated heterocycles. The molecule has 0 aliphatic heterocycles. The van der Waals surface area contributed by atoms with Gasteiger partial charge in [0.2, 0.25) is 15.9 Å². The second-order valence-corrected chi connectivity index (χ2v) is 9.26. The van der Waals surface area contributed by atoms with Crippen molar-refractivity contribution in [3.8, 4) is 11.5 Å². The fraction of sp³-hybridized carbons (Fsp3) is 0.0800. The maximum Gasteiger partial charge on any atom is 0.248 e. The maximum absolute atomic E-state index is 12.6. The van der Waals surface area contributed by atoms with Crippen molar-refractivity contribution < 1.29 is 17.9 Å². The normalized spacial score (nSPS) is 11.1. The van der Waals surface area contributed by atoms with Crippen LogP contribution in [0.4, 0.5) is 5.69 Å². The number of nitrogens with two attached hydrogens (primary N) is 2. The molecule has 4 N–H and O–H groups in total. The van der Waals surface area contributed by atoms with Crippen molar-refractivity contribution in [3.05, 3.63) is 108 Å². The van der Waals surface area contributed by atoms with Gasteiger partial charge < -0.3 is 15.4 Å². The Hall–Kier alpha value is -4.28. The lowest BCUT2D eigenvalue weighted by molar-refractivity contribution is 0.1000. The van der Waals surface area contributed by atoms with E-state index in [2.05, 4.69) is 9.97 Å². The number of anilines is 1. The van der Waals surface area contributed by atoms with E-state index in [1.54, 1.807) is 61.2 Å². The Morgan fingerprint density at radius 2 is 1.49 bits per heavy atom. The lowest BCUT2D eigenvalue weighted by Gasteiger charge is -2.28. The fourth-order valence-corrected chi connectivity index (χ4v) is 4.23. The monoisotopic (exact) mass is 489 g/mol. The van der Waals surface area contributed by atoms with Gasteiger partial charge in [-0.3, -0.25) is 14.8 Å². The molecule has 9 nitrogen and oxygen atoms in total. The molecular weight excluding hydrogens is 466 g/mol. The Balaban J connectivity index is 1.94. The molecule has 0 aliphatic rings. The molecule has 2 aromatic heterocycles. The zero-order chi connectivity index (χ0) is 24.8. The van der Waals surface area contributed by atoms with Crippen molar-refractivity contribution in [2.75, 3.05) is 4.90 Å².